The molecule has 23 heavy (non-hydrogen) atoms. The molecule has 0 aromatic rings. The van der Waals surface area contributed by atoms with Crippen LogP contribution in [0, 0.1) is 0 Å². The van der Waals surface area contributed by atoms with E-state index in [-0.39, 0.29) is 18.7 Å². The Morgan fingerprint density at radius 3 is 1.83 bits per heavy atom. The number of hydrogen-bond donors (Lipinski definition) is 2. The van der Waals surface area contributed by atoms with E-state index >= 15 is 0 Å². The summed E-state index contributed by atoms with van der Waals surface area (Å²) in [7, 11) is 5.53. The summed E-state index contributed by atoms with van der Waals surface area (Å²) in [6, 6.07) is 0. The average Bonchev–Trinajstić information content (AvgIpc) is 2.38. The lowest BCUT2D eigenvalue weighted by molar-refractivity contribution is -0.875. The first-order chi connectivity index (χ1) is 10.6. The molecule has 0 radical (unpaired) electrons. The van der Waals surface area contributed by atoms with Crippen molar-refractivity contribution in [2.24, 2.45) is 0 Å². The maximum Gasteiger partial charge on any atom is 0.306 e. The number of Topliss-reactive ketones (excluding diaryl/α,β-unsaturated/α-hetero) is 1. The second-order valence-corrected chi connectivity index (χ2v) is 7.70. The van der Waals surface area contributed by atoms with E-state index in [2.05, 4.69) is 6.92 Å². The topological polar surface area (TPSA) is 74.6 Å². The molecule has 0 aliphatic carbocycles. The molecular weight excluding hydrogens is 294 g/mol. The van der Waals surface area contributed by atoms with Gasteiger partial charge in [-0.1, -0.05) is 51.9 Å². The van der Waals surface area contributed by atoms with Gasteiger partial charge >= 0.3 is 5.97 Å². The number of carbonyl (C=O) groups is 2. The van der Waals surface area contributed by atoms with Crippen LogP contribution in [0.25, 0.3) is 0 Å². The van der Waals surface area contributed by atoms with Crippen LogP contribution in [0.5, 0.6) is 0 Å². The number of aliphatic carboxylic acids is 1. The monoisotopic (exact) mass is 330 g/mol. The van der Waals surface area contributed by atoms with Gasteiger partial charge < -0.3 is 14.7 Å². The summed E-state index contributed by atoms with van der Waals surface area (Å²) in [5.74, 6) is -1.47. The highest BCUT2D eigenvalue weighted by atomic mass is 16.4. The van der Waals surface area contributed by atoms with Crippen LogP contribution >= 0.6 is 0 Å². The fourth-order valence-corrected chi connectivity index (χ4v) is 2.93. The molecule has 0 spiro atoms. The highest BCUT2D eigenvalue weighted by molar-refractivity contribution is 5.90. The first-order valence-corrected chi connectivity index (χ1v) is 8.88. The van der Waals surface area contributed by atoms with Crippen LogP contribution in [0.2, 0.25) is 0 Å². The third kappa shape index (κ3) is 11.3. The van der Waals surface area contributed by atoms with Gasteiger partial charge in [-0.3, -0.25) is 9.59 Å². The zero-order chi connectivity index (χ0) is 17.9. The van der Waals surface area contributed by atoms with E-state index in [1.165, 1.54) is 32.1 Å². The van der Waals surface area contributed by atoms with E-state index in [1.807, 2.05) is 21.1 Å². The van der Waals surface area contributed by atoms with Crippen molar-refractivity contribution in [1.29, 1.82) is 0 Å². The van der Waals surface area contributed by atoms with E-state index in [9.17, 15) is 14.7 Å². The van der Waals surface area contributed by atoms with Crippen LogP contribution in [0.3, 0.4) is 0 Å². The number of quaternary nitrogens is 1. The number of carboxylic acids is 1. The Labute approximate surface area is 141 Å². The lowest BCUT2D eigenvalue weighted by Gasteiger charge is -2.33. The maximum atomic E-state index is 12.3. The van der Waals surface area contributed by atoms with Crippen LogP contribution in [-0.4, -0.2) is 59.7 Å². The van der Waals surface area contributed by atoms with Crippen molar-refractivity contribution < 1.29 is 24.3 Å². The molecule has 0 heterocycles. The van der Waals surface area contributed by atoms with Gasteiger partial charge in [-0.05, 0) is 6.42 Å². The summed E-state index contributed by atoms with van der Waals surface area (Å²) in [5.41, 5.74) is -1.76. The van der Waals surface area contributed by atoms with E-state index in [0.29, 0.717) is 4.48 Å². The number of carbonyl (C=O) groups excluding carboxylic acids is 1. The van der Waals surface area contributed by atoms with Gasteiger partial charge in [-0.15, -0.1) is 0 Å². The number of aliphatic hydroxyl groups is 1. The SMILES string of the molecule is CCCCCCCCCCC(=O)[C@](O)(CC(=O)O)C[N+](C)(C)C. The van der Waals surface area contributed by atoms with Crippen molar-refractivity contribution in [3.63, 3.8) is 0 Å². The van der Waals surface area contributed by atoms with Crippen molar-refractivity contribution in [2.75, 3.05) is 27.7 Å². The minimum Gasteiger partial charge on any atom is -0.481 e. The number of likely N-dealkylation sites (N-methyl/N-ethyl adjacent to an activating group) is 1. The Balaban J connectivity index is 4.22. The van der Waals surface area contributed by atoms with Crippen LogP contribution in [0.1, 0.15) is 71.1 Å². The third-order valence-electron chi connectivity index (χ3n) is 3.96. The van der Waals surface area contributed by atoms with E-state index in [4.69, 9.17) is 5.11 Å². The molecule has 0 unspecified atom stereocenters. The van der Waals surface area contributed by atoms with Crippen LogP contribution in [0.4, 0.5) is 0 Å². The van der Waals surface area contributed by atoms with Crippen molar-refractivity contribution in [1.82, 2.24) is 0 Å². The highest BCUT2D eigenvalue weighted by Gasteiger charge is 2.42. The number of rotatable bonds is 14. The van der Waals surface area contributed by atoms with E-state index in [1.54, 1.807) is 0 Å². The predicted octanol–water partition coefficient (Wildman–Crippen LogP) is 3.00. The van der Waals surface area contributed by atoms with Gasteiger partial charge in [-0.25, -0.2) is 0 Å². The molecule has 0 aliphatic heterocycles. The largest absolute Gasteiger partial charge is 0.481 e. The summed E-state index contributed by atoms with van der Waals surface area (Å²) in [4.78, 5) is 23.3. The number of ketones is 1. The molecule has 0 aromatic heterocycles. The summed E-state index contributed by atoms with van der Waals surface area (Å²) in [6.07, 6.45) is 8.77. The zero-order valence-corrected chi connectivity index (χ0v) is 15.4. The van der Waals surface area contributed by atoms with Crippen LogP contribution < -0.4 is 0 Å². The Kier molecular flexibility index (Phi) is 10.3. The van der Waals surface area contributed by atoms with Crippen molar-refractivity contribution in [3.8, 4) is 0 Å². The van der Waals surface area contributed by atoms with Gasteiger partial charge in [0.25, 0.3) is 0 Å². The molecule has 136 valence electrons. The lowest BCUT2D eigenvalue weighted by Crippen LogP contribution is -2.54. The molecule has 0 amide bonds. The van der Waals surface area contributed by atoms with Gasteiger partial charge in [0.05, 0.1) is 27.6 Å². The van der Waals surface area contributed by atoms with Crippen LogP contribution in [0.15, 0.2) is 0 Å². The van der Waals surface area contributed by atoms with E-state index in [0.717, 1.165) is 19.3 Å². The zero-order valence-electron chi connectivity index (χ0n) is 15.4. The Morgan fingerprint density at radius 2 is 1.39 bits per heavy atom. The standard InChI is InChI=1S/C18H35NO4/c1-5-6-7-8-9-10-11-12-13-16(20)18(23,14-17(21)22)15-19(2,3)4/h23H,5-15H2,1-4H3/p+1/t18-/m0/s1. The van der Waals surface area contributed by atoms with Gasteiger partial charge in [0.2, 0.25) is 0 Å². The molecule has 5 nitrogen and oxygen atoms in total. The number of unbranched alkanes of at least 4 members (excludes halogenated alkanes) is 7. The highest BCUT2D eigenvalue weighted by Crippen LogP contribution is 2.20. The van der Waals surface area contributed by atoms with Gasteiger partial charge in [-0.2, -0.15) is 0 Å². The molecule has 0 saturated carbocycles. The molecule has 0 rings (SSSR count). The molecule has 0 saturated heterocycles. The van der Waals surface area contributed by atoms with Crippen molar-refractivity contribution in [2.45, 2.75) is 76.7 Å². The lowest BCUT2D eigenvalue weighted by atomic mass is 9.89. The first-order valence-electron chi connectivity index (χ1n) is 8.88. The summed E-state index contributed by atoms with van der Waals surface area (Å²) >= 11 is 0. The summed E-state index contributed by atoms with van der Waals surface area (Å²) in [5, 5.41) is 19.5. The normalized spacial score (nSPS) is 14.5. The molecule has 0 bridgehead atoms. The Hall–Kier alpha value is -0.940. The third-order valence-corrected chi connectivity index (χ3v) is 3.96. The van der Waals surface area contributed by atoms with Crippen molar-refractivity contribution in [3.05, 3.63) is 0 Å². The van der Waals surface area contributed by atoms with Gasteiger partial charge in [0.15, 0.2) is 11.4 Å². The fraction of sp³-hybridized carbons (Fsp3) is 0.889. The molecule has 5 heteroatoms. The number of carboxylic acid groups (broad SMARTS) is 1. The molecule has 0 fully saturated rings. The number of nitrogens with zero attached hydrogens (tertiary/aromatic N) is 1. The molecule has 0 aromatic carbocycles. The van der Waals surface area contributed by atoms with E-state index < -0.39 is 18.0 Å². The molecule has 1 atom stereocenters. The predicted molar refractivity (Wildman–Crippen MR) is 92.3 cm³/mol. The smallest absolute Gasteiger partial charge is 0.306 e. The second-order valence-electron chi connectivity index (χ2n) is 7.70. The minimum absolute atomic E-state index is 0.120. The van der Waals surface area contributed by atoms with Gasteiger partial charge in [0, 0.05) is 6.42 Å². The average molecular weight is 330 g/mol. The van der Waals surface area contributed by atoms with Crippen LogP contribution in [-0.2, 0) is 9.59 Å². The maximum absolute atomic E-state index is 12.3. The quantitative estimate of drug-likeness (QED) is 0.379. The second kappa shape index (κ2) is 10.8. The first kappa shape index (κ1) is 22.1. The minimum atomic E-state index is -1.76. The Bertz CT molecular complexity index is 363. The van der Waals surface area contributed by atoms with Gasteiger partial charge in [0.1, 0.15) is 6.54 Å². The summed E-state index contributed by atoms with van der Waals surface area (Å²) in [6.45, 7) is 2.31. The molecular formula is C18H36NO4+. The Morgan fingerprint density at radius 1 is 0.913 bits per heavy atom. The number of hydrogen-bond acceptors (Lipinski definition) is 3. The fourth-order valence-electron chi connectivity index (χ4n) is 2.93. The molecule has 2 N–H and O–H groups in total. The summed E-state index contributed by atoms with van der Waals surface area (Å²) < 4.78 is 0.354. The van der Waals surface area contributed by atoms with Crippen molar-refractivity contribution >= 4 is 11.8 Å². The molecule has 0 aliphatic rings.